The van der Waals surface area contributed by atoms with Crippen molar-refractivity contribution in [2.45, 2.75) is 25.8 Å². The van der Waals surface area contributed by atoms with Crippen LogP contribution in [0.4, 0.5) is 0 Å². The minimum atomic E-state index is -0.147. The second-order valence-corrected chi connectivity index (χ2v) is 5.24. The van der Waals surface area contributed by atoms with Crippen LogP contribution >= 0.6 is 11.6 Å². The van der Waals surface area contributed by atoms with Crippen molar-refractivity contribution in [2.75, 3.05) is 13.7 Å². The molecule has 1 aliphatic carbocycles. The van der Waals surface area contributed by atoms with E-state index in [1.165, 1.54) is 0 Å². The van der Waals surface area contributed by atoms with Gasteiger partial charge in [-0.2, -0.15) is 5.26 Å². The van der Waals surface area contributed by atoms with E-state index in [0.29, 0.717) is 11.6 Å². The molecule has 0 bridgehead atoms. The first-order valence-electron chi connectivity index (χ1n) is 6.13. The molecule has 0 saturated heterocycles. The molecule has 0 radical (unpaired) electrons. The van der Waals surface area contributed by atoms with E-state index in [2.05, 4.69) is 11.4 Å². The fraction of sp³-hybridized carbons (Fsp3) is 0.500. The number of nitrogens with zero attached hydrogens (tertiary/aromatic N) is 1. The van der Waals surface area contributed by atoms with Crippen LogP contribution in [-0.4, -0.2) is 13.7 Å². The summed E-state index contributed by atoms with van der Waals surface area (Å²) in [5, 5.41) is 13.2. The third kappa shape index (κ3) is 2.77. The zero-order valence-electron chi connectivity index (χ0n) is 10.5. The van der Waals surface area contributed by atoms with Crippen LogP contribution in [0, 0.1) is 16.7 Å². The van der Waals surface area contributed by atoms with Crippen molar-refractivity contribution in [1.29, 1.82) is 5.26 Å². The summed E-state index contributed by atoms with van der Waals surface area (Å²) >= 11 is 5.97. The molecule has 4 heteroatoms. The third-order valence-corrected chi connectivity index (χ3v) is 3.80. The lowest BCUT2D eigenvalue weighted by Crippen LogP contribution is -2.38. The Morgan fingerprint density at radius 3 is 2.83 bits per heavy atom. The Morgan fingerprint density at radius 1 is 1.50 bits per heavy atom. The lowest BCUT2D eigenvalue weighted by atomic mass is 9.70. The first kappa shape index (κ1) is 13.2. The summed E-state index contributed by atoms with van der Waals surface area (Å²) < 4.78 is 5.29. The van der Waals surface area contributed by atoms with Gasteiger partial charge in [-0.1, -0.05) is 18.0 Å². The lowest BCUT2D eigenvalue weighted by molar-refractivity contribution is 0.206. The SMILES string of the molecule is COc1ccc(Cl)cc1CNCC1(C#N)CCC1. The molecule has 0 atom stereocenters. The van der Waals surface area contributed by atoms with Gasteiger partial charge in [0.05, 0.1) is 18.6 Å². The van der Waals surface area contributed by atoms with E-state index in [1.54, 1.807) is 7.11 Å². The smallest absolute Gasteiger partial charge is 0.123 e. The van der Waals surface area contributed by atoms with Gasteiger partial charge in [0, 0.05) is 23.7 Å². The Balaban J connectivity index is 1.94. The topological polar surface area (TPSA) is 45.0 Å². The quantitative estimate of drug-likeness (QED) is 0.889. The summed E-state index contributed by atoms with van der Waals surface area (Å²) in [6.07, 6.45) is 3.17. The molecule has 0 aromatic heterocycles. The monoisotopic (exact) mass is 264 g/mol. The molecule has 0 unspecified atom stereocenters. The van der Waals surface area contributed by atoms with Crippen molar-refractivity contribution in [3.63, 3.8) is 0 Å². The van der Waals surface area contributed by atoms with Crippen LogP contribution in [-0.2, 0) is 6.54 Å². The fourth-order valence-corrected chi connectivity index (χ4v) is 2.45. The van der Waals surface area contributed by atoms with E-state index in [4.69, 9.17) is 21.6 Å². The number of benzene rings is 1. The van der Waals surface area contributed by atoms with Crippen molar-refractivity contribution < 1.29 is 4.74 Å². The zero-order chi connectivity index (χ0) is 13.0. The second-order valence-electron chi connectivity index (χ2n) is 4.81. The summed E-state index contributed by atoms with van der Waals surface area (Å²) in [6, 6.07) is 7.99. The Kier molecular flexibility index (Phi) is 4.11. The van der Waals surface area contributed by atoms with Gasteiger partial charge in [0.2, 0.25) is 0 Å². The largest absolute Gasteiger partial charge is 0.496 e. The summed E-state index contributed by atoms with van der Waals surface area (Å²) in [5.41, 5.74) is 0.878. The number of hydrogen-bond donors (Lipinski definition) is 1. The van der Waals surface area contributed by atoms with Crippen LogP contribution in [0.5, 0.6) is 5.75 Å². The van der Waals surface area contributed by atoms with E-state index in [0.717, 1.165) is 37.1 Å². The summed E-state index contributed by atoms with van der Waals surface area (Å²) in [5.74, 6) is 0.825. The summed E-state index contributed by atoms with van der Waals surface area (Å²) in [7, 11) is 1.65. The Hall–Kier alpha value is -1.24. The van der Waals surface area contributed by atoms with Crippen molar-refractivity contribution in [2.24, 2.45) is 5.41 Å². The normalized spacial score (nSPS) is 16.7. The average Bonchev–Trinajstić information content (AvgIpc) is 2.33. The van der Waals surface area contributed by atoms with Crippen LogP contribution in [0.25, 0.3) is 0 Å². The van der Waals surface area contributed by atoms with E-state index < -0.39 is 0 Å². The molecule has 1 N–H and O–H groups in total. The van der Waals surface area contributed by atoms with E-state index in [9.17, 15) is 0 Å². The highest BCUT2D eigenvalue weighted by Gasteiger charge is 2.36. The second kappa shape index (κ2) is 5.60. The van der Waals surface area contributed by atoms with Gasteiger partial charge >= 0.3 is 0 Å². The van der Waals surface area contributed by atoms with Crippen LogP contribution in [0.3, 0.4) is 0 Å². The van der Waals surface area contributed by atoms with Gasteiger partial charge in [0.25, 0.3) is 0 Å². The van der Waals surface area contributed by atoms with Gasteiger partial charge in [-0.05, 0) is 31.0 Å². The van der Waals surface area contributed by atoms with Crippen molar-refractivity contribution >= 4 is 11.6 Å². The van der Waals surface area contributed by atoms with Gasteiger partial charge in [-0.3, -0.25) is 0 Å². The first-order chi connectivity index (χ1) is 8.69. The number of nitrogens with one attached hydrogen (secondary N) is 1. The van der Waals surface area contributed by atoms with Gasteiger partial charge in [0.1, 0.15) is 5.75 Å². The van der Waals surface area contributed by atoms with Crippen LogP contribution in [0.1, 0.15) is 24.8 Å². The van der Waals surface area contributed by atoms with Crippen molar-refractivity contribution in [1.82, 2.24) is 5.32 Å². The van der Waals surface area contributed by atoms with Crippen LogP contribution < -0.4 is 10.1 Å². The summed E-state index contributed by atoms with van der Waals surface area (Å²) in [4.78, 5) is 0. The Bertz CT molecular complexity index is 463. The zero-order valence-corrected chi connectivity index (χ0v) is 11.3. The van der Waals surface area contributed by atoms with Crippen LogP contribution in [0.2, 0.25) is 5.02 Å². The molecular weight excluding hydrogens is 248 g/mol. The molecule has 0 aliphatic heterocycles. The first-order valence-corrected chi connectivity index (χ1v) is 6.51. The third-order valence-electron chi connectivity index (χ3n) is 3.57. The van der Waals surface area contributed by atoms with Gasteiger partial charge in [-0.15, -0.1) is 0 Å². The number of halogens is 1. The van der Waals surface area contributed by atoms with Gasteiger partial charge in [0.15, 0.2) is 0 Å². The minimum Gasteiger partial charge on any atom is -0.496 e. The molecule has 18 heavy (non-hydrogen) atoms. The molecule has 0 amide bonds. The molecule has 1 saturated carbocycles. The molecule has 1 fully saturated rings. The molecule has 96 valence electrons. The number of hydrogen-bond acceptors (Lipinski definition) is 3. The molecule has 2 rings (SSSR count). The predicted octanol–water partition coefficient (Wildman–Crippen LogP) is 3.13. The Morgan fingerprint density at radius 2 is 2.28 bits per heavy atom. The standard InChI is InChI=1S/C14H17ClN2O/c1-18-13-4-3-12(15)7-11(13)8-17-10-14(9-16)5-2-6-14/h3-4,7,17H,2,5-6,8,10H2,1H3. The van der Waals surface area contributed by atoms with E-state index in [-0.39, 0.29) is 5.41 Å². The molecular formula is C14H17ClN2O. The van der Waals surface area contributed by atoms with Crippen molar-refractivity contribution in [3.05, 3.63) is 28.8 Å². The number of nitriles is 1. The molecule has 1 aromatic rings. The minimum absolute atomic E-state index is 0.147. The fourth-order valence-electron chi connectivity index (χ4n) is 2.25. The predicted molar refractivity (Wildman–Crippen MR) is 71.6 cm³/mol. The van der Waals surface area contributed by atoms with Gasteiger partial charge in [-0.25, -0.2) is 0 Å². The van der Waals surface area contributed by atoms with Crippen LogP contribution in [0.15, 0.2) is 18.2 Å². The highest BCUT2D eigenvalue weighted by Crippen LogP contribution is 2.39. The number of methoxy groups -OCH3 is 1. The van der Waals surface area contributed by atoms with E-state index >= 15 is 0 Å². The maximum absolute atomic E-state index is 9.14. The molecule has 3 nitrogen and oxygen atoms in total. The molecule has 1 aliphatic rings. The molecule has 1 aromatic carbocycles. The highest BCUT2D eigenvalue weighted by atomic mass is 35.5. The number of rotatable bonds is 5. The van der Waals surface area contributed by atoms with Crippen molar-refractivity contribution in [3.8, 4) is 11.8 Å². The lowest BCUT2D eigenvalue weighted by Gasteiger charge is -2.35. The maximum atomic E-state index is 9.14. The average molecular weight is 265 g/mol. The maximum Gasteiger partial charge on any atom is 0.123 e. The Labute approximate surface area is 113 Å². The molecule has 0 spiro atoms. The summed E-state index contributed by atoms with van der Waals surface area (Å²) in [6.45, 7) is 1.41. The van der Waals surface area contributed by atoms with E-state index in [1.807, 2.05) is 18.2 Å². The van der Waals surface area contributed by atoms with Gasteiger partial charge < -0.3 is 10.1 Å². The molecule has 0 heterocycles. The highest BCUT2D eigenvalue weighted by molar-refractivity contribution is 6.30. The number of ether oxygens (including phenoxy) is 1.